The van der Waals surface area contributed by atoms with Gasteiger partial charge in [0.05, 0.1) is 6.61 Å². The molecule has 0 atom stereocenters. The molecule has 2 aromatic rings. The van der Waals surface area contributed by atoms with Gasteiger partial charge in [-0.1, -0.05) is 25.5 Å². The molecule has 1 aromatic carbocycles. The highest BCUT2D eigenvalue weighted by atomic mass is 16.5. The standard InChI is InChI=1S/C20H32N6O/c1-5-7-12-21-20(23-15-19-25-24-16(3)26(19)4)22-13-11-17-9-8-10-18(14-17)27-6-2/h8-10,14H,5-7,11-13,15H2,1-4H3,(H2,21,22,23). The zero-order valence-electron chi connectivity index (χ0n) is 17.0. The quantitative estimate of drug-likeness (QED) is 0.381. The number of ether oxygens (including phenoxy) is 1. The normalized spacial score (nSPS) is 11.5. The fourth-order valence-electron chi connectivity index (χ4n) is 2.58. The zero-order valence-corrected chi connectivity index (χ0v) is 17.0. The molecule has 0 unspecified atom stereocenters. The molecule has 2 rings (SSSR count). The second-order valence-electron chi connectivity index (χ2n) is 6.42. The average molecular weight is 373 g/mol. The molecule has 0 aliphatic heterocycles. The third-order valence-electron chi connectivity index (χ3n) is 4.30. The fraction of sp³-hybridized carbons (Fsp3) is 0.550. The summed E-state index contributed by atoms with van der Waals surface area (Å²) in [6.07, 6.45) is 3.16. The predicted molar refractivity (Wildman–Crippen MR) is 109 cm³/mol. The summed E-state index contributed by atoms with van der Waals surface area (Å²) in [6, 6.07) is 8.23. The van der Waals surface area contributed by atoms with E-state index >= 15 is 0 Å². The molecule has 7 heteroatoms. The molecule has 0 amide bonds. The van der Waals surface area contributed by atoms with Crippen molar-refractivity contribution in [1.29, 1.82) is 0 Å². The van der Waals surface area contributed by atoms with Crippen molar-refractivity contribution < 1.29 is 4.74 Å². The summed E-state index contributed by atoms with van der Waals surface area (Å²) < 4.78 is 7.53. The Morgan fingerprint density at radius 3 is 2.70 bits per heavy atom. The summed E-state index contributed by atoms with van der Waals surface area (Å²) in [7, 11) is 1.96. The Balaban J connectivity index is 1.92. The van der Waals surface area contributed by atoms with Gasteiger partial charge in [-0.25, -0.2) is 4.99 Å². The predicted octanol–water partition coefficient (Wildman–Crippen LogP) is 2.60. The van der Waals surface area contributed by atoms with E-state index in [1.165, 1.54) is 5.56 Å². The topological polar surface area (TPSA) is 76.4 Å². The molecule has 1 aromatic heterocycles. The Bertz CT molecular complexity index is 725. The van der Waals surface area contributed by atoms with E-state index in [2.05, 4.69) is 44.9 Å². The van der Waals surface area contributed by atoms with Gasteiger partial charge < -0.3 is 19.9 Å². The van der Waals surface area contributed by atoms with Gasteiger partial charge in [-0.2, -0.15) is 0 Å². The fourth-order valence-corrected chi connectivity index (χ4v) is 2.58. The van der Waals surface area contributed by atoms with Gasteiger partial charge in [0.2, 0.25) is 0 Å². The lowest BCUT2D eigenvalue weighted by Crippen LogP contribution is -2.39. The van der Waals surface area contributed by atoms with Crippen LogP contribution < -0.4 is 15.4 Å². The Kier molecular flexibility index (Phi) is 8.61. The summed E-state index contributed by atoms with van der Waals surface area (Å²) in [5.41, 5.74) is 1.24. The Morgan fingerprint density at radius 2 is 2.00 bits per heavy atom. The number of nitrogens with zero attached hydrogens (tertiary/aromatic N) is 4. The number of benzene rings is 1. The molecule has 0 spiro atoms. The van der Waals surface area contributed by atoms with Gasteiger partial charge in [0, 0.05) is 20.1 Å². The number of aliphatic imine (C=N–C) groups is 1. The molecule has 148 valence electrons. The maximum Gasteiger partial charge on any atom is 0.191 e. The second-order valence-corrected chi connectivity index (χ2v) is 6.42. The second kappa shape index (κ2) is 11.2. The first-order valence-corrected chi connectivity index (χ1v) is 9.72. The van der Waals surface area contributed by atoms with Crippen molar-refractivity contribution in [3.8, 4) is 5.75 Å². The molecule has 0 radical (unpaired) electrons. The molecular formula is C20H32N6O. The van der Waals surface area contributed by atoms with Gasteiger partial charge in [0.1, 0.15) is 18.1 Å². The third-order valence-corrected chi connectivity index (χ3v) is 4.30. The lowest BCUT2D eigenvalue weighted by molar-refractivity contribution is 0.340. The maximum absolute atomic E-state index is 5.57. The lowest BCUT2D eigenvalue weighted by atomic mass is 10.1. The SMILES string of the molecule is CCCCNC(=NCc1nnc(C)n1C)NCCc1cccc(OCC)c1. The van der Waals surface area contributed by atoms with Crippen molar-refractivity contribution in [2.24, 2.45) is 12.0 Å². The molecular weight excluding hydrogens is 340 g/mol. The molecule has 1 heterocycles. The summed E-state index contributed by atoms with van der Waals surface area (Å²) in [6.45, 7) is 9.00. The monoisotopic (exact) mass is 372 g/mol. The van der Waals surface area contributed by atoms with Gasteiger partial charge >= 0.3 is 0 Å². The molecule has 0 bridgehead atoms. The highest BCUT2D eigenvalue weighted by Crippen LogP contribution is 2.13. The van der Waals surface area contributed by atoms with Crippen LogP contribution in [0.4, 0.5) is 0 Å². The van der Waals surface area contributed by atoms with Gasteiger partial charge in [-0.05, 0) is 44.4 Å². The largest absolute Gasteiger partial charge is 0.494 e. The number of aryl methyl sites for hydroxylation is 1. The van der Waals surface area contributed by atoms with E-state index in [0.29, 0.717) is 13.2 Å². The number of hydrogen-bond acceptors (Lipinski definition) is 4. The first kappa shape index (κ1) is 20.7. The van der Waals surface area contributed by atoms with Crippen LogP contribution >= 0.6 is 0 Å². The van der Waals surface area contributed by atoms with Gasteiger partial charge in [-0.15, -0.1) is 10.2 Å². The van der Waals surface area contributed by atoms with E-state index in [-0.39, 0.29) is 0 Å². The van der Waals surface area contributed by atoms with Crippen molar-refractivity contribution in [2.45, 2.75) is 46.6 Å². The van der Waals surface area contributed by atoms with Crippen LogP contribution in [-0.2, 0) is 20.0 Å². The minimum Gasteiger partial charge on any atom is -0.494 e. The van der Waals surface area contributed by atoms with Crippen molar-refractivity contribution in [3.63, 3.8) is 0 Å². The minimum atomic E-state index is 0.499. The van der Waals surface area contributed by atoms with Gasteiger partial charge in [0.25, 0.3) is 0 Å². The molecule has 0 saturated carbocycles. The maximum atomic E-state index is 5.57. The van der Waals surface area contributed by atoms with Crippen LogP contribution in [0.15, 0.2) is 29.3 Å². The number of aromatic nitrogens is 3. The number of nitrogens with one attached hydrogen (secondary N) is 2. The van der Waals surface area contributed by atoms with Crippen LogP contribution in [-0.4, -0.2) is 40.4 Å². The smallest absolute Gasteiger partial charge is 0.191 e. The Morgan fingerprint density at radius 1 is 1.19 bits per heavy atom. The van der Waals surface area contributed by atoms with Crippen LogP contribution in [0.2, 0.25) is 0 Å². The van der Waals surface area contributed by atoms with E-state index in [0.717, 1.165) is 55.7 Å². The van der Waals surface area contributed by atoms with E-state index in [4.69, 9.17) is 4.74 Å². The number of unbranched alkanes of at least 4 members (excludes halogenated alkanes) is 1. The van der Waals surface area contributed by atoms with Crippen molar-refractivity contribution in [3.05, 3.63) is 41.5 Å². The van der Waals surface area contributed by atoms with Crippen LogP contribution in [0.25, 0.3) is 0 Å². The summed E-state index contributed by atoms with van der Waals surface area (Å²) in [4.78, 5) is 4.66. The highest BCUT2D eigenvalue weighted by Gasteiger charge is 2.05. The summed E-state index contributed by atoms with van der Waals surface area (Å²) in [5.74, 6) is 3.48. The Labute approximate surface area is 162 Å². The van der Waals surface area contributed by atoms with Gasteiger partial charge in [0.15, 0.2) is 11.8 Å². The average Bonchev–Trinajstić information content (AvgIpc) is 2.98. The van der Waals surface area contributed by atoms with Crippen molar-refractivity contribution in [2.75, 3.05) is 19.7 Å². The third kappa shape index (κ3) is 6.92. The zero-order chi connectivity index (χ0) is 19.5. The van der Waals surface area contributed by atoms with Crippen molar-refractivity contribution in [1.82, 2.24) is 25.4 Å². The van der Waals surface area contributed by atoms with Crippen LogP contribution in [0.5, 0.6) is 5.75 Å². The minimum absolute atomic E-state index is 0.499. The lowest BCUT2D eigenvalue weighted by Gasteiger charge is -2.13. The van der Waals surface area contributed by atoms with Gasteiger partial charge in [-0.3, -0.25) is 0 Å². The molecule has 2 N–H and O–H groups in total. The van der Waals surface area contributed by atoms with Crippen molar-refractivity contribution >= 4 is 5.96 Å². The van der Waals surface area contributed by atoms with Crippen LogP contribution in [0.1, 0.15) is 43.9 Å². The summed E-state index contributed by atoms with van der Waals surface area (Å²) in [5, 5.41) is 15.1. The Hall–Kier alpha value is -2.57. The van der Waals surface area contributed by atoms with Crippen LogP contribution in [0.3, 0.4) is 0 Å². The number of guanidine groups is 1. The first-order chi connectivity index (χ1) is 13.1. The molecule has 27 heavy (non-hydrogen) atoms. The molecule has 0 aliphatic rings. The number of rotatable bonds is 10. The number of hydrogen-bond donors (Lipinski definition) is 2. The molecule has 0 saturated heterocycles. The van der Waals surface area contributed by atoms with Crippen LogP contribution in [0, 0.1) is 6.92 Å². The van der Waals surface area contributed by atoms with E-state index in [9.17, 15) is 0 Å². The van der Waals surface area contributed by atoms with E-state index in [1.54, 1.807) is 0 Å². The summed E-state index contributed by atoms with van der Waals surface area (Å²) >= 11 is 0. The molecule has 0 aliphatic carbocycles. The highest BCUT2D eigenvalue weighted by molar-refractivity contribution is 5.79. The van der Waals surface area contributed by atoms with E-state index < -0.39 is 0 Å². The molecule has 0 fully saturated rings. The molecule has 7 nitrogen and oxygen atoms in total. The first-order valence-electron chi connectivity index (χ1n) is 9.72. The van der Waals surface area contributed by atoms with E-state index in [1.807, 2.05) is 37.6 Å².